The van der Waals surface area contributed by atoms with E-state index in [9.17, 15) is 15.0 Å². The van der Waals surface area contributed by atoms with Gasteiger partial charge in [-0.3, -0.25) is 0 Å². The average molecular weight is 287 g/mol. The van der Waals surface area contributed by atoms with Crippen LogP contribution in [0.1, 0.15) is 24.0 Å². The summed E-state index contributed by atoms with van der Waals surface area (Å²) >= 11 is 5.90. The minimum absolute atomic E-state index is 0.0321. The highest BCUT2D eigenvalue weighted by Crippen LogP contribution is 2.35. The van der Waals surface area contributed by atoms with Gasteiger partial charge in [0, 0.05) is 18.3 Å². The van der Waals surface area contributed by atoms with Crippen LogP contribution in [0.15, 0.2) is 12.3 Å². The molecule has 0 radical (unpaired) electrons. The Hall–Kier alpha value is -1.37. The van der Waals surface area contributed by atoms with Gasteiger partial charge in [-0.2, -0.15) is 0 Å². The maximum Gasteiger partial charge on any atom is 0.407 e. The van der Waals surface area contributed by atoms with Crippen molar-refractivity contribution in [1.29, 1.82) is 0 Å². The Morgan fingerprint density at radius 3 is 2.95 bits per heavy atom. The molecule has 1 atom stereocenters. The molecule has 0 saturated carbocycles. The SMILES string of the molecule is O=C(O)N1CCCC(O)(c2ccnc(Cl)c2CO)C1. The number of β-amino-alcohol motifs (C(OH)–C–C–N with tert-alkyl or cyclic N) is 1. The standard InChI is InChI=1S/C12H15ClN2O4/c13-10-8(6-16)9(2-4-14-10)12(19)3-1-5-15(7-12)11(17)18/h2,4,16,19H,1,3,5-7H2,(H,17,18). The predicted octanol–water partition coefficient (Wildman–Crippen LogP) is 1.19. The number of hydrogen-bond donors (Lipinski definition) is 3. The van der Waals surface area contributed by atoms with Crippen molar-refractivity contribution in [3.8, 4) is 0 Å². The number of amides is 1. The summed E-state index contributed by atoms with van der Waals surface area (Å²) in [5.41, 5.74) is -0.541. The van der Waals surface area contributed by atoms with E-state index in [1.54, 1.807) is 6.07 Å². The van der Waals surface area contributed by atoms with E-state index < -0.39 is 11.7 Å². The molecule has 19 heavy (non-hydrogen) atoms. The first kappa shape index (κ1) is 14.0. The third-order valence-electron chi connectivity index (χ3n) is 3.40. The molecule has 2 heterocycles. The Bertz CT molecular complexity index is 497. The number of halogens is 1. The molecule has 3 N–H and O–H groups in total. The topological polar surface area (TPSA) is 93.9 Å². The first-order chi connectivity index (χ1) is 8.98. The molecule has 1 amide bonds. The van der Waals surface area contributed by atoms with E-state index in [0.29, 0.717) is 30.5 Å². The number of hydrogen-bond acceptors (Lipinski definition) is 4. The summed E-state index contributed by atoms with van der Waals surface area (Å²) in [5, 5.41) is 29.2. The first-order valence-corrected chi connectivity index (χ1v) is 6.31. The Kier molecular flexibility index (Phi) is 3.93. The summed E-state index contributed by atoms with van der Waals surface area (Å²) in [6.07, 6.45) is 1.34. The van der Waals surface area contributed by atoms with Crippen molar-refractivity contribution in [2.24, 2.45) is 0 Å². The number of carbonyl (C=O) groups is 1. The number of aliphatic hydroxyl groups is 2. The van der Waals surface area contributed by atoms with E-state index in [-0.39, 0.29) is 18.3 Å². The van der Waals surface area contributed by atoms with Crippen LogP contribution in [0.25, 0.3) is 0 Å². The van der Waals surface area contributed by atoms with Gasteiger partial charge in [-0.05, 0) is 24.5 Å². The number of likely N-dealkylation sites (tertiary alicyclic amines) is 1. The third kappa shape index (κ3) is 2.65. The van der Waals surface area contributed by atoms with Gasteiger partial charge in [-0.1, -0.05) is 11.6 Å². The van der Waals surface area contributed by atoms with Crippen molar-refractivity contribution in [1.82, 2.24) is 9.88 Å². The minimum atomic E-state index is -1.33. The van der Waals surface area contributed by atoms with Gasteiger partial charge < -0.3 is 20.2 Å². The molecule has 1 saturated heterocycles. The highest BCUT2D eigenvalue weighted by molar-refractivity contribution is 6.30. The number of aliphatic hydroxyl groups excluding tert-OH is 1. The molecule has 2 rings (SSSR count). The monoisotopic (exact) mass is 286 g/mol. The Morgan fingerprint density at radius 2 is 2.32 bits per heavy atom. The van der Waals surface area contributed by atoms with E-state index in [0.717, 1.165) is 0 Å². The van der Waals surface area contributed by atoms with E-state index in [2.05, 4.69) is 4.98 Å². The van der Waals surface area contributed by atoms with Gasteiger partial charge in [0.2, 0.25) is 0 Å². The van der Waals surface area contributed by atoms with Gasteiger partial charge in [0.1, 0.15) is 10.8 Å². The number of carboxylic acid groups (broad SMARTS) is 1. The summed E-state index contributed by atoms with van der Waals surface area (Å²) in [6.45, 7) is 0.0119. The van der Waals surface area contributed by atoms with Gasteiger partial charge in [-0.25, -0.2) is 9.78 Å². The van der Waals surface area contributed by atoms with Crippen molar-refractivity contribution < 1.29 is 20.1 Å². The normalized spacial score (nSPS) is 23.4. The van der Waals surface area contributed by atoms with Crippen LogP contribution < -0.4 is 0 Å². The molecule has 1 unspecified atom stereocenters. The fourth-order valence-corrected chi connectivity index (χ4v) is 2.69. The second-order valence-corrected chi connectivity index (χ2v) is 4.98. The highest BCUT2D eigenvalue weighted by atomic mass is 35.5. The van der Waals surface area contributed by atoms with E-state index in [4.69, 9.17) is 16.7 Å². The van der Waals surface area contributed by atoms with Crippen LogP contribution in [0.4, 0.5) is 4.79 Å². The fraction of sp³-hybridized carbons (Fsp3) is 0.500. The van der Waals surface area contributed by atoms with E-state index in [1.807, 2.05) is 0 Å². The van der Waals surface area contributed by atoms with E-state index >= 15 is 0 Å². The minimum Gasteiger partial charge on any atom is -0.465 e. The maximum absolute atomic E-state index is 11.0. The van der Waals surface area contributed by atoms with Crippen molar-refractivity contribution in [2.75, 3.05) is 13.1 Å². The lowest BCUT2D eigenvalue weighted by molar-refractivity contribution is -0.0308. The maximum atomic E-state index is 11.0. The molecule has 7 heteroatoms. The van der Waals surface area contributed by atoms with Crippen LogP contribution >= 0.6 is 11.6 Å². The molecular formula is C12H15ClN2O4. The zero-order valence-electron chi connectivity index (χ0n) is 10.2. The molecule has 1 aromatic heterocycles. The van der Waals surface area contributed by atoms with Crippen LogP contribution in [0.5, 0.6) is 0 Å². The first-order valence-electron chi connectivity index (χ1n) is 5.93. The molecule has 0 aromatic carbocycles. The number of aromatic nitrogens is 1. The summed E-state index contributed by atoms with van der Waals surface area (Å²) in [7, 11) is 0. The summed E-state index contributed by atoms with van der Waals surface area (Å²) in [5.74, 6) is 0. The smallest absolute Gasteiger partial charge is 0.407 e. The van der Waals surface area contributed by atoms with Crippen LogP contribution in [0.2, 0.25) is 5.15 Å². The number of nitrogens with zero attached hydrogens (tertiary/aromatic N) is 2. The molecular weight excluding hydrogens is 272 g/mol. The number of rotatable bonds is 2. The van der Waals surface area contributed by atoms with E-state index in [1.165, 1.54) is 11.1 Å². The van der Waals surface area contributed by atoms with Crippen LogP contribution in [0.3, 0.4) is 0 Å². The number of pyridine rings is 1. The summed E-state index contributed by atoms with van der Waals surface area (Å²) in [4.78, 5) is 16.0. The van der Waals surface area contributed by atoms with Gasteiger partial charge in [-0.15, -0.1) is 0 Å². The van der Waals surface area contributed by atoms with Crippen molar-refractivity contribution in [2.45, 2.75) is 25.0 Å². The Morgan fingerprint density at radius 1 is 1.58 bits per heavy atom. The molecule has 0 spiro atoms. The van der Waals surface area contributed by atoms with Gasteiger partial charge in [0.15, 0.2) is 0 Å². The molecule has 6 nitrogen and oxygen atoms in total. The van der Waals surface area contributed by atoms with Gasteiger partial charge >= 0.3 is 6.09 Å². The lowest BCUT2D eigenvalue weighted by Gasteiger charge is -2.39. The molecule has 1 aliphatic heterocycles. The fourth-order valence-electron chi connectivity index (χ4n) is 2.47. The second-order valence-electron chi connectivity index (χ2n) is 4.63. The third-order valence-corrected chi connectivity index (χ3v) is 3.73. The molecule has 0 bridgehead atoms. The largest absolute Gasteiger partial charge is 0.465 e. The van der Waals surface area contributed by atoms with Crippen LogP contribution in [0, 0.1) is 0 Å². The average Bonchev–Trinajstić information content (AvgIpc) is 2.38. The Balaban J connectivity index is 2.39. The molecule has 104 valence electrons. The molecule has 1 aliphatic rings. The van der Waals surface area contributed by atoms with Crippen LogP contribution in [-0.4, -0.2) is 44.4 Å². The van der Waals surface area contributed by atoms with Crippen molar-refractivity contribution in [3.63, 3.8) is 0 Å². The van der Waals surface area contributed by atoms with Gasteiger partial charge in [0.05, 0.1) is 13.2 Å². The second kappa shape index (κ2) is 5.32. The van der Waals surface area contributed by atoms with Crippen LogP contribution in [-0.2, 0) is 12.2 Å². The van der Waals surface area contributed by atoms with Crippen molar-refractivity contribution >= 4 is 17.7 Å². The zero-order valence-corrected chi connectivity index (χ0v) is 11.0. The zero-order chi connectivity index (χ0) is 14.0. The predicted molar refractivity (Wildman–Crippen MR) is 67.9 cm³/mol. The van der Waals surface area contributed by atoms with Crippen molar-refractivity contribution in [3.05, 3.63) is 28.5 Å². The lowest BCUT2D eigenvalue weighted by Crippen LogP contribution is -2.48. The lowest BCUT2D eigenvalue weighted by atomic mass is 9.84. The summed E-state index contributed by atoms with van der Waals surface area (Å²) < 4.78 is 0. The van der Waals surface area contributed by atoms with Gasteiger partial charge in [0.25, 0.3) is 0 Å². The highest BCUT2D eigenvalue weighted by Gasteiger charge is 2.38. The Labute approximate surface area is 115 Å². The molecule has 0 aliphatic carbocycles. The molecule has 1 aromatic rings. The summed E-state index contributed by atoms with van der Waals surface area (Å²) in [6, 6.07) is 1.57. The quantitative estimate of drug-likeness (QED) is 0.710. The molecule has 1 fully saturated rings. The number of piperidine rings is 1.